The molecule has 0 aliphatic heterocycles. The van der Waals surface area contributed by atoms with E-state index in [4.69, 9.17) is 4.74 Å². The molecule has 4 heteroatoms. The second kappa shape index (κ2) is 6.10. The standard InChI is InChI=1S/C14H19N3O/c1-3-6-18-14-7-11(2)4-5-13(14)16-9-12-8-15-10-17-12/h4-5,7-8,10,16H,3,6,9H2,1-2H3,(H,15,17). The van der Waals surface area contributed by atoms with Crippen LogP contribution in [0.4, 0.5) is 5.69 Å². The number of hydrogen-bond donors (Lipinski definition) is 2. The Morgan fingerprint density at radius 2 is 2.28 bits per heavy atom. The van der Waals surface area contributed by atoms with Crippen LogP contribution in [0.2, 0.25) is 0 Å². The normalized spacial score (nSPS) is 10.3. The number of aromatic nitrogens is 2. The molecule has 0 aliphatic rings. The summed E-state index contributed by atoms with van der Waals surface area (Å²) in [5.74, 6) is 0.913. The van der Waals surface area contributed by atoms with Gasteiger partial charge in [0.15, 0.2) is 0 Å². The molecule has 0 fully saturated rings. The van der Waals surface area contributed by atoms with E-state index >= 15 is 0 Å². The van der Waals surface area contributed by atoms with Crippen LogP contribution in [0.3, 0.4) is 0 Å². The van der Waals surface area contributed by atoms with Gasteiger partial charge in [-0.05, 0) is 31.0 Å². The third-order valence-corrected chi connectivity index (χ3v) is 2.62. The van der Waals surface area contributed by atoms with Crippen LogP contribution in [-0.4, -0.2) is 16.6 Å². The highest BCUT2D eigenvalue weighted by Gasteiger charge is 2.04. The van der Waals surface area contributed by atoms with Gasteiger partial charge in [-0.3, -0.25) is 0 Å². The fraction of sp³-hybridized carbons (Fsp3) is 0.357. The van der Waals surface area contributed by atoms with Crippen LogP contribution in [0.15, 0.2) is 30.7 Å². The average molecular weight is 245 g/mol. The van der Waals surface area contributed by atoms with Crippen molar-refractivity contribution in [2.45, 2.75) is 26.8 Å². The van der Waals surface area contributed by atoms with Gasteiger partial charge in [-0.15, -0.1) is 0 Å². The van der Waals surface area contributed by atoms with Crippen molar-refractivity contribution in [3.63, 3.8) is 0 Å². The molecule has 0 amide bonds. The van der Waals surface area contributed by atoms with Crippen molar-refractivity contribution in [3.8, 4) is 5.75 Å². The highest BCUT2D eigenvalue weighted by molar-refractivity contribution is 5.57. The molecule has 0 spiro atoms. The van der Waals surface area contributed by atoms with Crippen molar-refractivity contribution in [2.75, 3.05) is 11.9 Å². The largest absolute Gasteiger partial charge is 0.491 e. The molecule has 0 saturated heterocycles. The number of rotatable bonds is 6. The minimum Gasteiger partial charge on any atom is -0.491 e. The summed E-state index contributed by atoms with van der Waals surface area (Å²) in [5, 5.41) is 3.36. The summed E-state index contributed by atoms with van der Waals surface area (Å²) >= 11 is 0. The molecular weight excluding hydrogens is 226 g/mol. The Bertz CT molecular complexity index is 480. The third kappa shape index (κ3) is 3.26. The van der Waals surface area contributed by atoms with Crippen LogP contribution in [-0.2, 0) is 6.54 Å². The van der Waals surface area contributed by atoms with Gasteiger partial charge in [0, 0.05) is 6.20 Å². The maximum absolute atomic E-state index is 5.75. The van der Waals surface area contributed by atoms with E-state index in [0.717, 1.165) is 30.2 Å². The molecule has 96 valence electrons. The fourth-order valence-electron chi connectivity index (χ4n) is 1.68. The number of benzene rings is 1. The van der Waals surface area contributed by atoms with Crippen molar-refractivity contribution in [1.82, 2.24) is 9.97 Å². The van der Waals surface area contributed by atoms with E-state index in [1.54, 1.807) is 6.33 Å². The zero-order valence-electron chi connectivity index (χ0n) is 10.9. The van der Waals surface area contributed by atoms with Gasteiger partial charge in [0.05, 0.1) is 30.9 Å². The molecule has 0 radical (unpaired) electrons. The first-order chi connectivity index (χ1) is 8.79. The first kappa shape index (κ1) is 12.5. The van der Waals surface area contributed by atoms with Crippen molar-refractivity contribution >= 4 is 5.69 Å². The van der Waals surface area contributed by atoms with Gasteiger partial charge in [0.2, 0.25) is 0 Å². The number of nitrogens with zero attached hydrogens (tertiary/aromatic N) is 1. The number of ether oxygens (including phenoxy) is 1. The monoisotopic (exact) mass is 245 g/mol. The number of aryl methyl sites for hydroxylation is 1. The second-order valence-electron chi connectivity index (χ2n) is 4.28. The maximum atomic E-state index is 5.75. The van der Waals surface area contributed by atoms with Crippen LogP contribution >= 0.6 is 0 Å². The molecule has 1 aromatic carbocycles. The van der Waals surface area contributed by atoms with E-state index in [-0.39, 0.29) is 0 Å². The van der Waals surface area contributed by atoms with E-state index in [0.29, 0.717) is 6.54 Å². The minimum absolute atomic E-state index is 0.714. The van der Waals surface area contributed by atoms with Gasteiger partial charge in [-0.2, -0.15) is 0 Å². The Morgan fingerprint density at radius 1 is 1.39 bits per heavy atom. The topological polar surface area (TPSA) is 49.9 Å². The Balaban J connectivity index is 2.05. The summed E-state index contributed by atoms with van der Waals surface area (Å²) in [6.07, 6.45) is 4.50. The van der Waals surface area contributed by atoms with Crippen LogP contribution in [0, 0.1) is 6.92 Å². The molecule has 2 aromatic rings. The lowest BCUT2D eigenvalue weighted by Gasteiger charge is -2.13. The molecular formula is C14H19N3O. The Labute approximate surface area is 107 Å². The Kier molecular flexibility index (Phi) is 4.23. The number of imidazole rings is 1. The van der Waals surface area contributed by atoms with Gasteiger partial charge in [0.1, 0.15) is 5.75 Å². The highest BCUT2D eigenvalue weighted by atomic mass is 16.5. The lowest BCUT2D eigenvalue weighted by molar-refractivity contribution is 0.318. The first-order valence-corrected chi connectivity index (χ1v) is 6.24. The average Bonchev–Trinajstić information content (AvgIpc) is 2.88. The lowest BCUT2D eigenvalue weighted by atomic mass is 10.2. The molecule has 4 nitrogen and oxygen atoms in total. The zero-order chi connectivity index (χ0) is 12.8. The van der Waals surface area contributed by atoms with Gasteiger partial charge in [-0.1, -0.05) is 13.0 Å². The number of hydrogen-bond acceptors (Lipinski definition) is 3. The van der Waals surface area contributed by atoms with E-state index in [2.05, 4.69) is 47.3 Å². The summed E-state index contributed by atoms with van der Waals surface area (Å²) in [6, 6.07) is 6.19. The predicted molar refractivity (Wildman–Crippen MR) is 72.9 cm³/mol. The Hall–Kier alpha value is -1.97. The third-order valence-electron chi connectivity index (χ3n) is 2.62. The molecule has 2 rings (SSSR count). The Morgan fingerprint density at radius 3 is 3.00 bits per heavy atom. The van der Waals surface area contributed by atoms with E-state index in [9.17, 15) is 0 Å². The predicted octanol–water partition coefficient (Wildman–Crippen LogP) is 3.12. The summed E-state index contributed by atoms with van der Waals surface area (Å²) in [4.78, 5) is 7.06. The quantitative estimate of drug-likeness (QED) is 0.822. The van der Waals surface area contributed by atoms with Gasteiger partial charge in [-0.25, -0.2) is 4.98 Å². The van der Waals surface area contributed by atoms with Gasteiger partial charge in [0.25, 0.3) is 0 Å². The number of nitrogens with one attached hydrogen (secondary N) is 2. The molecule has 1 aromatic heterocycles. The fourth-order valence-corrected chi connectivity index (χ4v) is 1.68. The molecule has 18 heavy (non-hydrogen) atoms. The number of H-pyrrole nitrogens is 1. The van der Waals surface area contributed by atoms with E-state index in [1.165, 1.54) is 5.56 Å². The summed E-state index contributed by atoms with van der Waals surface area (Å²) in [6.45, 7) is 5.62. The van der Waals surface area contributed by atoms with Crippen LogP contribution in [0.5, 0.6) is 5.75 Å². The molecule has 2 N–H and O–H groups in total. The van der Waals surface area contributed by atoms with Crippen molar-refractivity contribution < 1.29 is 4.74 Å². The summed E-state index contributed by atoms with van der Waals surface area (Å²) < 4.78 is 5.75. The number of anilines is 1. The number of aromatic amines is 1. The van der Waals surface area contributed by atoms with Crippen LogP contribution < -0.4 is 10.1 Å². The molecule has 0 atom stereocenters. The van der Waals surface area contributed by atoms with E-state index < -0.39 is 0 Å². The zero-order valence-corrected chi connectivity index (χ0v) is 10.9. The van der Waals surface area contributed by atoms with Gasteiger partial charge >= 0.3 is 0 Å². The highest BCUT2D eigenvalue weighted by Crippen LogP contribution is 2.26. The van der Waals surface area contributed by atoms with Crippen LogP contribution in [0.25, 0.3) is 0 Å². The van der Waals surface area contributed by atoms with Crippen molar-refractivity contribution in [1.29, 1.82) is 0 Å². The lowest BCUT2D eigenvalue weighted by Crippen LogP contribution is -2.04. The second-order valence-corrected chi connectivity index (χ2v) is 4.28. The molecule has 0 saturated carbocycles. The molecule has 0 bridgehead atoms. The first-order valence-electron chi connectivity index (χ1n) is 6.24. The van der Waals surface area contributed by atoms with Crippen molar-refractivity contribution in [2.24, 2.45) is 0 Å². The smallest absolute Gasteiger partial charge is 0.142 e. The minimum atomic E-state index is 0.714. The van der Waals surface area contributed by atoms with Crippen molar-refractivity contribution in [3.05, 3.63) is 42.0 Å². The summed E-state index contributed by atoms with van der Waals surface area (Å²) in [7, 11) is 0. The molecule has 1 heterocycles. The molecule has 0 unspecified atom stereocenters. The van der Waals surface area contributed by atoms with E-state index in [1.807, 2.05) is 6.20 Å². The maximum Gasteiger partial charge on any atom is 0.142 e. The molecule has 0 aliphatic carbocycles. The van der Waals surface area contributed by atoms with Crippen LogP contribution in [0.1, 0.15) is 24.6 Å². The SMILES string of the molecule is CCCOc1cc(C)ccc1NCc1cnc[nH]1. The van der Waals surface area contributed by atoms with Gasteiger partial charge < -0.3 is 15.0 Å². The summed E-state index contributed by atoms with van der Waals surface area (Å²) in [5.41, 5.74) is 3.27.